The molecule has 0 unspecified atom stereocenters. The first-order chi connectivity index (χ1) is 7.59. The minimum Gasteiger partial charge on any atom is -0.380 e. The summed E-state index contributed by atoms with van der Waals surface area (Å²) in [7, 11) is 0. The van der Waals surface area contributed by atoms with Gasteiger partial charge in [-0.2, -0.15) is 0 Å². The zero-order valence-electron chi connectivity index (χ0n) is 9.27. The Hall–Kier alpha value is -0.910. The van der Waals surface area contributed by atoms with Gasteiger partial charge >= 0.3 is 0 Å². The van der Waals surface area contributed by atoms with Gasteiger partial charge in [-0.3, -0.25) is 4.90 Å². The zero-order chi connectivity index (χ0) is 12.0. The van der Waals surface area contributed by atoms with Gasteiger partial charge in [0.05, 0.1) is 13.2 Å². The normalized spacial score (nSPS) is 24.3. The predicted octanol–water partition coefficient (Wildman–Crippen LogP) is 2.04. The summed E-state index contributed by atoms with van der Waals surface area (Å²) in [5.74, 6) is -2.65. The van der Waals surface area contributed by atoms with Gasteiger partial charge in [0.15, 0.2) is 0 Å². The molecule has 0 radical (unpaired) electrons. The molecular weight excluding hydrogens is 218 g/mol. The molecule has 1 saturated heterocycles. The Bertz CT molecular complexity index is 268. The summed E-state index contributed by atoms with van der Waals surface area (Å²) in [5.41, 5.74) is 8.12. The molecule has 1 heterocycles. The second-order valence-corrected chi connectivity index (χ2v) is 3.80. The number of halogens is 2. The van der Waals surface area contributed by atoms with Crippen LogP contribution in [0.5, 0.6) is 0 Å². The van der Waals surface area contributed by atoms with Gasteiger partial charge in [0.25, 0.3) is 5.92 Å². The SMILES string of the molecule is CCOC[C@H]1CC(F)(F)CN1CCN=[N+]=[N-]. The summed E-state index contributed by atoms with van der Waals surface area (Å²) in [4.78, 5) is 4.23. The van der Waals surface area contributed by atoms with E-state index in [0.717, 1.165) is 0 Å². The van der Waals surface area contributed by atoms with E-state index in [0.29, 0.717) is 19.8 Å². The van der Waals surface area contributed by atoms with Crippen LogP contribution < -0.4 is 0 Å². The lowest BCUT2D eigenvalue weighted by atomic mass is 10.2. The molecule has 1 aliphatic heterocycles. The third-order valence-corrected chi connectivity index (χ3v) is 2.55. The highest BCUT2D eigenvalue weighted by atomic mass is 19.3. The van der Waals surface area contributed by atoms with E-state index in [-0.39, 0.29) is 25.6 Å². The molecule has 0 spiro atoms. The average molecular weight is 234 g/mol. The third-order valence-electron chi connectivity index (χ3n) is 2.55. The van der Waals surface area contributed by atoms with E-state index in [4.69, 9.17) is 10.3 Å². The van der Waals surface area contributed by atoms with E-state index in [1.165, 1.54) is 0 Å². The molecule has 1 aliphatic rings. The lowest BCUT2D eigenvalue weighted by molar-refractivity contribution is 0.0117. The maximum atomic E-state index is 13.2. The van der Waals surface area contributed by atoms with Crippen molar-refractivity contribution in [1.29, 1.82) is 0 Å². The number of hydrogen-bond donors (Lipinski definition) is 0. The van der Waals surface area contributed by atoms with Crippen molar-refractivity contribution in [2.24, 2.45) is 5.11 Å². The maximum absolute atomic E-state index is 13.2. The first-order valence-corrected chi connectivity index (χ1v) is 5.29. The molecule has 0 amide bonds. The van der Waals surface area contributed by atoms with Gasteiger partial charge in [0.1, 0.15) is 0 Å². The number of azide groups is 1. The van der Waals surface area contributed by atoms with Crippen LogP contribution in [-0.4, -0.2) is 49.7 Å². The van der Waals surface area contributed by atoms with Gasteiger partial charge in [-0.25, -0.2) is 8.78 Å². The molecule has 0 aromatic carbocycles. The van der Waals surface area contributed by atoms with Crippen LogP contribution in [0.3, 0.4) is 0 Å². The number of hydrogen-bond acceptors (Lipinski definition) is 3. The Morgan fingerprint density at radius 1 is 1.62 bits per heavy atom. The Morgan fingerprint density at radius 3 is 3.00 bits per heavy atom. The highest BCUT2D eigenvalue weighted by molar-refractivity contribution is 4.90. The lowest BCUT2D eigenvalue weighted by Gasteiger charge is -2.22. The number of alkyl halides is 2. The minimum absolute atomic E-state index is 0.177. The van der Waals surface area contributed by atoms with Crippen LogP contribution in [0, 0.1) is 0 Å². The van der Waals surface area contributed by atoms with Crippen molar-refractivity contribution >= 4 is 0 Å². The first-order valence-electron chi connectivity index (χ1n) is 5.29. The van der Waals surface area contributed by atoms with Gasteiger partial charge in [-0.15, -0.1) is 0 Å². The van der Waals surface area contributed by atoms with Gasteiger partial charge < -0.3 is 4.74 Å². The molecule has 1 rings (SSSR count). The van der Waals surface area contributed by atoms with Crippen LogP contribution in [-0.2, 0) is 4.74 Å². The van der Waals surface area contributed by atoms with E-state index < -0.39 is 5.92 Å². The Labute approximate surface area is 93.0 Å². The summed E-state index contributed by atoms with van der Waals surface area (Å²) >= 11 is 0. The summed E-state index contributed by atoms with van der Waals surface area (Å²) < 4.78 is 31.5. The molecule has 0 saturated carbocycles. The van der Waals surface area contributed by atoms with Crippen LogP contribution >= 0.6 is 0 Å². The van der Waals surface area contributed by atoms with Crippen molar-refractivity contribution in [1.82, 2.24) is 4.90 Å². The van der Waals surface area contributed by atoms with Gasteiger partial charge in [-0.05, 0) is 12.5 Å². The van der Waals surface area contributed by atoms with E-state index >= 15 is 0 Å². The molecular formula is C9H16F2N4O. The molecule has 0 aliphatic carbocycles. The fourth-order valence-electron chi connectivity index (χ4n) is 1.86. The molecule has 5 nitrogen and oxygen atoms in total. The van der Waals surface area contributed by atoms with Gasteiger partial charge in [0, 0.05) is 37.1 Å². The number of likely N-dealkylation sites (tertiary alicyclic amines) is 1. The Balaban J connectivity index is 2.46. The van der Waals surface area contributed by atoms with E-state index in [1.54, 1.807) is 4.90 Å². The summed E-state index contributed by atoms with van der Waals surface area (Å²) in [6, 6.07) is -0.274. The lowest BCUT2D eigenvalue weighted by Crippen LogP contribution is -2.35. The standard InChI is InChI=1S/C9H16F2N4O/c1-2-16-6-8-5-9(10,11)7-15(8)4-3-13-14-12/h8H,2-7H2,1H3/t8-/m1/s1. The van der Waals surface area contributed by atoms with E-state index in [9.17, 15) is 8.78 Å². The predicted molar refractivity (Wildman–Crippen MR) is 55.4 cm³/mol. The largest absolute Gasteiger partial charge is 0.380 e. The fraction of sp³-hybridized carbons (Fsp3) is 1.00. The van der Waals surface area contributed by atoms with Gasteiger partial charge in [-0.1, -0.05) is 5.11 Å². The van der Waals surface area contributed by atoms with E-state index in [1.807, 2.05) is 6.92 Å². The van der Waals surface area contributed by atoms with Crippen LogP contribution in [0.1, 0.15) is 13.3 Å². The van der Waals surface area contributed by atoms with Crippen molar-refractivity contribution < 1.29 is 13.5 Å². The Morgan fingerprint density at radius 2 is 2.38 bits per heavy atom. The molecule has 92 valence electrons. The van der Waals surface area contributed by atoms with Crippen LogP contribution in [0.2, 0.25) is 0 Å². The molecule has 0 bridgehead atoms. The molecule has 0 N–H and O–H groups in total. The maximum Gasteiger partial charge on any atom is 0.262 e. The third kappa shape index (κ3) is 3.92. The molecule has 1 atom stereocenters. The highest BCUT2D eigenvalue weighted by Gasteiger charge is 2.44. The number of rotatable bonds is 6. The molecule has 0 aromatic heterocycles. The molecule has 7 heteroatoms. The number of ether oxygens (including phenoxy) is 1. The monoisotopic (exact) mass is 234 g/mol. The number of nitrogens with zero attached hydrogens (tertiary/aromatic N) is 4. The van der Waals surface area contributed by atoms with Crippen molar-refractivity contribution in [3.63, 3.8) is 0 Å². The smallest absolute Gasteiger partial charge is 0.262 e. The molecule has 0 aromatic rings. The summed E-state index contributed by atoms with van der Waals surface area (Å²) in [6.07, 6.45) is -0.177. The fourth-order valence-corrected chi connectivity index (χ4v) is 1.86. The van der Waals surface area contributed by atoms with Crippen molar-refractivity contribution in [2.75, 3.05) is 32.8 Å². The first kappa shape index (κ1) is 13.2. The minimum atomic E-state index is -2.65. The topological polar surface area (TPSA) is 61.2 Å². The second-order valence-electron chi connectivity index (χ2n) is 3.80. The highest BCUT2D eigenvalue weighted by Crippen LogP contribution is 2.31. The second kappa shape index (κ2) is 5.98. The van der Waals surface area contributed by atoms with E-state index in [2.05, 4.69) is 10.0 Å². The summed E-state index contributed by atoms with van der Waals surface area (Å²) in [6.45, 7) is 2.96. The molecule has 16 heavy (non-hydrogen) atoms. The molecule has 1 fully saturated rings. The van der Waals surface area contributed by atoms with Crippen molar-refractivity contribution in [2.45, 2.75) is 25.3 Å². The van der Waals surface area contributed by atoms with Crippen LogP contribution in [0.15, 0.2) is 5.11 Å². The van der Waals surface area contributed by atoms with Crippen molar-refractivity contribution in [3.8, 4) is 0 Å². The van der Waals surface area contributed by atoms with Gasteiger partial charge in [0.2, 0.25) is 0 Å². The quantitative estimate of drug-likeness (QED) is 0.401. The van der Waals surface area contributed by atoms with Crippen LogP contribution in [0.25, 0.3) is 10.4 Å². The zero-order valence-corrected chi connectivity index (χ0v) is 9.27. The Kier molecular flexibility index (Phi) is 4.92. The average Bonchev–Trinajstić information content (AvgIpc) is 2.51. The van der Waals surface area contributed by atoms with Crippen molar-refractivity contribution in [3.05, 3.63) is 10.4 Å². The summed E-state index contributed by atoms with van der Waals surface area (Å²) in [5, 5.41) is 3.35. The van der Waals surface area contributed by atoms with Crippen LogP contribution in [0.4, 0.5) is 8.78 Å².